The van der Waals surface area contributed by atoms with Crippen molar-refractivity contribution in [2.75, 3.05) is 26.8 Å². The average Bonchev–Trinajstić information content (AvgIpc) is 2.93. The topological polar surface area (TPSA) is 59.0 Å². The van der Waals surface area contributed by atoms with Crippen LogP contribution in [0.5, 0.6) is 11.5 Å². The van der Waals surface area contributed by atoms with E-state index < -0.39 is 5.97 Å². The monoisotopic (exact) mass is 279 g/mol. The number of likely N-dealkylation sites (tertiary alicyclic amines) is 1. The van der Waals surface area contributed by atoms with Crippen LogP contribution in [0.15, 0.2) is 24.3 Å². The summed E-state index contributed by atoms with van der Waals surface area (Å²) in [5, 5.41) is 9.08. The zero-order chi connectivity index (χ0) is 14.4. The Labute approximate surface area is 119 Å². The quantitative estimate of drug-likeness (QED) is 0.774. The Morgan fingerprint density at radius 2 is 2.05 bits per heavy atom. The van der Waals surface area contributed by atoms with Crippen LogP contribution in [0.4, 0.5) is 0 Å². The zero-order valence-corrected chi connectivity index (χ0v) is 11.7. The van der Waals surface area contributed by atoms with E-state index in [1.54, 1.807) is 7.11 Å². The molecule has 0 spiro atoms. The van der Waals surface area contributed by atoms with Crippen molar-refractivity contribution in [3.05, 3.63) is 24.3 Å². The Kier molecular flexibility index (Phi) is 5.24. The number of carbonyl (C=O) groups is 1. The van der Waals surface area contributed by atoms with Gasteiger partial charge in [-0.2, -0.15) is 0 Å². The second-order valence-electron chi connectivity index (χ2n) is 4.91. The van der Waals surface area contributed by atoms with Crippen LogP contribution in [0.2, 0.25) is 0 Å². The van der Waals surface area contributed by atoms with Crippen LogP contribution in [-0.4, -0.2) is 48.8 Å². The second-order valence-corrected chi connectivity index (χ2v) is 4.91. The molecule has 0 aromatic heterocycles. The summed E-state index contributed by atoms with van der Waals surface area (Å²) in [6.07, 6.45) is 2.56. The molecule has 1 saturated heterocycles. The molecule has 0 radical (unpaired) electrons. The Morgan fingerprint density at radius 3 is 2.70 bits per heavy atom. The SMILES string of the molecule is COc1ccc(OCCCN2CCC[C@@H]2C(=O)O)cc1. The first kappa shape index (κ1) is 14.7. The third-order valence-corrected chi connectivity index (χ3v) is 3.57. The largest absolute Gasteiger partial charge is 0.497 e. The molecule has 0 bridgehead atoms. The van der Waals surface area contributed by atoms with Gasteiger partial charge in [-0.15, -0.1) is 0 Å². The lowest BCUT2D eigenvalue weighted by atomic mass is 10.2. The van der Waals surface area contributed by atoms with E-state index in [9.17, 15) is 4.79 Å². The number of hydrogen-bond acceptors (Lipinski definition) is 4. The molecule has 0 aliphatic carbocycles. The normalized spacial score (nSPS) is 18.9. The molecule has 1 aliphatic rings. The molecule has 1 atom stereocenters. The van der Waals surface area contributed by atoms with E-state index >= 15 is 0 Å². The predicted molar refractivity (Wildman–Crippen MR) is 75.3 cm³/mol. The molecule has 110 valence electrons. The lowest BCUT2D eigenvalue weighted by Gasteiger charge is -2.20. The first-order chi connectivity index (χ1) is 9.70. The van der Waals surface area contributed by atoms with Crippen molar-refractivity contribution in [3.8, 4) is 11.5 Å². The Bertz CT molecular complexity index is 432. The third kappa shape index (κ3) is 3.87. The number of hydrogen-bond donors (Lipinski definition) is 1. The number of ether oxygens (including phenoxy) is 2. The van der Waals surface area contributed by atoms with Crippen molar-refractivity contribution < 1.29 is 19.4 Å². The van der Waals surface area contributed by atoms with Gasteiger partial charge in [-0.05, 0) is 50.1 Å². The lowest BCUT2D eigenvalue weighted by molar-refractivity contribution is -0.142. The van der Waals surface area contributed by atoms with Gasteiger partial charge < -0.3 is 14.6 Å². The number of rotatable bonds is 7. The van der Waals surface area contributed by atoms with E-state index in [1.807, 2.05) is 29.2 Å². The molecule has 1 N–H and O–H groups in total. The van der Waals surface area contributed by atoms with Crippen molar-refractivity contribution in [1.82, 2.24) is 4.90 Å². The molecule has 0 unspecified atom stereocenters. The minimum Gasteiger partial charge on any atom is -0.497 e. The molecule has 1 aliphatic heterocycles. The highest BCUT2D eigenvalue weighted by Crippen LogP contribution is 2.19. The van der Waals surface area contributed by atoms with Crippen molar-refractivity contribution in [2.24, 2.45) is 0 Å². The van der Waals surface area contributed by atoms with Gasteiger partial charge >= 0.3 is 5.97 Å². The number of methoxy groups -OCH3 is 1. The first-order valence-corrected chi connectivity index (χ1v) is 6.94. The Balaban J connectivity index is 1.69. The van der Waals surface area contributed by atoms with Crippen LogP contribution in [0.25, 0.3) is 0 Å². The summed E-state index contributed by atoms with van der Waals surface area (Å²) in [6, 6.07) is 7.15. The Morgan fingerprint density at radius 1 is 1.35 bits per heavy atom. The van der Waals surface area contributed by atoms with E-state index in [0.717, 1.165) is 43.9 Å². The molecule has 0 amide bonds. The maximum atomic E-state index is 11.0. The zero-order valence-electron chi connectivity index (χ0n) is 11.7. The van der Waals surface area contributed by atoms with Gasteiger partial charge in [0.1, 0.15) is 17.5 Å². The average molecular weight is 279 g/mol. The van der Waals surface area contributed by atoms with Gasteiger partial charge in [-0.25, -0.2) is 0 Å². The molecule has 5 heteroatoms. The van der Waals surface area contributed by atoms with Crippen LogP contribution in [0.1, 0.15) is 19.3 Å². The van der Waals surface area contributed by atoms with E-state index in [0.29, 0.717) is 6.61 Å². The van der Waals surface area contributed by atoms with Crippen molar-refractivity contribution in [2.45, 2.75) is 25.3 Å². The van der Waals surface area contributed by atoms with Gasteiger partial charge in [0.25, 0.3) is 0 Å². The summed E-state index contributed by atoms with van der Waals surface area (Å²) < 4.78 is 10.7. The third-order valence-electron chi connectivity index (χ3n) is 3.57. The molecule has 5 nitrogen and oxygen atoms in total. The van der Waals surface area contributed by atoms with Gasteiger partial charge in [0.15, 0.2) is 0 Å². The molecule has 1 heterocycles. The highest BCUT2D eigenvalue weighted by atomic mass is 16.5. The van der Waals surface area contributed by atoms with Crippen LogP contribution < -0.4 is 9.47 Å². The molecular weight excluding hydrogens is 258 g/mol. The maximum absolute atomic E-state index is 11.0. The molecule has 1 aromatic rings. The summed E-state index contributed by atoms with van der Waals surface area (Å²) in [4.78, 5) is 13.1. The molecule has 2 rings (SSSR count). The summed E-state index contributed by atoms with van der Waals surface area (Å²) in [7, 11) is 1.63. The minimum atomic E-state index is -0.710. The van der Waals surface area contributed by atoms with Gasteiger partial charge in [0.05, 0.1) is 13.7 Å². The van der Waals surface area contributed by atoms with E-state index in [-0.39, 0.29) is 6.04 Å². The Hall–Kier alpha value is -1.75. The number of carboxylic acids is 1. The summed E-state index contributed by atoms with van der Waals surface area (Å²) >= 11 is 0. The molecule has 1 fully saturated rings. The van der Waals surface area contributed by atoms with E-state index in [2.05, 4.69) is 0 Å². The van der Waals surface area contributed by atoms with Crippen LogP contribution in [0, 0.1) is 0 Å². The number of nitrogens with zero attached hydrogens (tertiary/aromatic N) is 1. The van der Waals surface area contributed by atoms with E-state index in [4.69, 9.17) is 14.6 Å². The summed E-state index contributed by atoms with van der Waals surface area (Å²) in [5.41, 5.74) is 0. The fourth-order valence-corrected chi connectivity index (χ4v) is 2.50. The van der Waals surface area contributed by atoms with Crippen LogP contribution in [-0.2, 0) is 4.79 Å². The number of aliphatic carboxylic acids is 1. The van der Waals surface area contributed by atoms with Crippen LogP contribution >= 0.6 is 0 Å². The first-order valence-electron chi connectivity index (χ1n) is 6.94. The van der Waals surface area contributed by atoms with Crippen LogP contribution in [0.3, 0.4) is 0 Å². The summed E-state index contributed by atoms with van der Waals surface area (Å²) in [6.45, 7) is 2.24. The predicted octanol–water partition coefficient (Wildman–Crippen LogP) is 2.01. The smallest absolute Gasteiger partial charge is 0.320 e. The van der Waals surface area contributed by atoms with Crippen molar-refractivity contribution >= 4 is 5.97 Å². The summed E-state index contributed by atoms with van der Waals surface area (Å²) in [5.74, 6) is 0.902. The van der Waals surface area contributed by atoms with Gasteiger partial charge in [0, 0.05) is 6.54 Å². The minimum absolute atomic E-state index is 0.309. The van der Waals surface area contributed by atoms with Gasteiger partial charge in [-0.1, -0.05) is 0 Å². The fourth-order valence-electron chi connectivity index (χ4n) is 2.50. The lowest BCUT2D eigenvalue weighted by Crippen LogP contribution is -2.36. The van der Waals surface area contributed by atoms with E-state index in [1.165, 1.54) is 0 Å². The highest BCUT2D eigenvalue weighted by molar-refractivity contribution is 5.73. The van der Waals surface area contributed by atoms with Crippen molar-refractivity contribution in [1.29, 1.82) is 0 Å². The van der Waals surface area contributed by atoms with Gasteiger partial charge in [0.2, 0.25) is 0 Å². The molecule has 0 saturated carbocycles. The standard InChI is InChI=1S/C15H21NO4/c1-19-12-5-7-13(8-6-12)20-11-3-10-16-9-2-4-14(16)15(17)18/h5-8,14H,2-4,9-11H2,1H3,(H,17,18)/t14-/m1/s1. The van der Waals surface area contributed by atoms with Crippen molar-refractivity contribution in [3.63, 3.8) is 0 Å². The fraction of sp³-hybridized carbons (Fsp3) is 0.533. The second kappa shape index (κ2) is 7.14. The molecule has 20 heavy (non-hydrogen) atoms. The maximum Gasteiger partial charge on any atom is 0.320 e. The number of carboxylic acid groups (broad SMARTS) is 1. The molecular formula is C15H21NO4. The number of benzene rings is 1. The highest BCUT2D eigenvalue weighted by Gasteiger charge is 2.29. The van der Waals surface area contributed by atoms with Gasteiger partial charge in [-0.3, -0.25) is 9.69 Å². The molecule has 1 aromatic carbocycles.